The van der Waals surface area contributed by atoms with Crippen molar-refractivity contribution in [2.45, 2.75) is 6.92 Å². The molecule has 0 saturated heterocycles. The van der Waals surface area contributed by atoms with Crippen LogP contribution in [0, 0.1) is 6.92 Å². The molecule has 0 atom stereocenters. The molecule has 0 radical (unpaired) electrons. The Labute approximate surface area is 180 Å². The maximum Gasteiger partial charge on any atom is 0.295 e. The monoisotopic (exact) mass is 428 g/mol. The van der Waals surface area contributed by atoms with Crippen LogP contribution in [0.4, 0.5) is 11.4 Å². The van der Waals surface area contributed by atoms with Gasteiger partial charge in [-0.3, -0.25) is 9.48 Å². The van der Waals surface area contributed by atoms with Gasteiger partial charge in [0.05, 0.1) is 32.7 Å². The predicted molar refractivity (Wildman–Crippen MR) is 122 cm³/mol. The Balaban J connectivity index is 1.92. The van der Waals surface area contributed by atoms with Crippen LogP contribution < -0.4 is 30.4 Å². The fourth-order valence-electron chi connectivity index (χ4n) is 3.10. The lowest BCUT2D eigenvalue weighted by atomic mass is 10.2. The van der Waals surface area contributed by atoms with Crippen LogP contribution in [0.5, 0.6) is 17.2 Å². The molecule has 0 spiro atoms. The Morgan fingerprint density at radius 2 is 1.50 bits per heavy atom. The molecular formula is C21H24N4O4S. The van der Waals surface area contributed by atoms with E-state index in [1.807, 2.05) is 44.3 Å². The summed E-state index contributed by atoms with van der Waals surface area (Å²) in [5, 5.41) is 6.30. The molecule has 0 fully saturated rings. The molecule has 0 aliphatic rings. The largest absolute Gasteiger partial charge is 0.496 e. The van der Waals surface area contributed by atoms with E-state index in [0.717, 1.165) is 11.4 Å². The summed E-state index contributed by atoms with van der Waals surface area (Å²) in [5.74, 6) is 1.56. The van der Waals surface area contributed by atoms with Crippen LogP contribution in [-0.4, -0.2) is 35.8 Å². The highest BCUT2D eigenvalue weighted by molar-refractivity contribution is 7.80. The number of ether oxygens (including phenoxy) is 3. The van der Waals surface area contributed by atoms with Crippen molar-refractivity contribution >= 4 is 28.7 Å². The van der Waals surface area contributed by atoms with Crippen molar-refractivity contribution < 1.29 is 14.2 Å². The molecule has 0 amide bonds. The summed E-state index contributed by atoms with van der Waals surface area (Å²) in [6.07, 6.45) is 0. The molecule has 1 aromatic heterocycles. The highest BCUT2D eigenvalue weighted by Gasteiger charge is 2.19. The predicted octanol–water partition coefficient (Wildman–Crippen LogP) is 3.32. The molecule has 0 aliphatic carbocycles. The second-order valence-corrected chi connectivity index (χ2v) is 6.83. The van der Waals surface area contributed by atoms with Gasteiger partial charge in [-0.2, -0.15) is 0 Å². The van der Waals surface area contributed by atoms with E-state index in [2.05, 4.69) is 10.6 Å². The highest BCUT2D eigenvalue weighted by Crippen LogP contribution is 2.39. The normalized spacial score (nSPS) is 10.4. The number of para-hydroxylation sites is 1. The maximum absolute atomic E-state index is 13.1. The number of benzene rings is 2. The van der Waals surface area contributed by atoms with Crippen LogP contribution in [0.25, 0.3) is 5.69 Å². The lowest BCUT2D eigenvalue weighted by Crippen LogP contribution is -2.25. The molecule has 2 aromatic carbocycles. The van der Waals surface area contributed by atoms with E-state index >= 15 is 0 Å². The van der Waals surface area contributed by atoms with Gasteiger partial charge in [-0.1, -0.05) is 18.2 Å². The summed E-state index contributed by atoms with van der Waals surface area (Å²) >= 11 is 5.46. The molecule has 0 saturated carbocycles. The number of nitrogens with one attached hydrogen (secondary N) is 2. The summed E-state index contributed by atoms with van der Waals surface area (Å²) in [7, 11) is 6.45. The quantitative estimate of drug-likeness (QED) is 0.583. The molecule has 158 valence electrons. The first-order valence-electron chi connectivity index (χ1n) is 9.13. The summed E-state index contributed by atoms with van der Waals surface area (Å²) in [5.41, 5.74) is 2.19. The van der Waals surface area contributed by atoms with Gasteiger partial charge in [-0.15, -0.1) is 0 Å². The van der Waals surface area contributed by atoms with Crippen LogP contribution in [0.1, 0.15) is 5.69 Å². The zero-order valence-electron chi connectivity index (χ0n) is 17.5. The van der Waals surface area contributed by atoms with Crippen LogP contribution in [-0.2, 0) is 7.05 Å². The van der Waals surface area contributed by atoms with Crippen LogP contribution in [0.3, 0.4) is 0 Å². The third kappa shape index (κ3) is 3.97. The first-order chi connectivity index (χ1) is 14.4. The summed E-state index contributed by atoms with van der Waals surface area (Å²) in [4.78, 5) is 13.1. The third-order valence-electron chi connectivity index (χ3n) is 4.75. The van der Waals surface area contributed by atoms with Gasteiger partial charge >= 0.3 is 0 Å². The number of hydrogen-bond acceptors (Lipinski definition) is 5. The molecule has 0 bridgehead atoms. The van der Waals surface area contributed by atoms with E-state index in [-0.39, 0.29) is 10.7 Å². The average molecular weight is 429 g/mol. The fraction of sp³-hybridized carbons (Fsp3) is 0.238. The summed E-state index contributed by atoms with van der Waals surface area (Å²) < 4.78 is 19.5. The number of aromatic nitrogens is 2. The van der Waals surface area contributed by atoms with E-state index in [1.165, 1.54) is 14.2 Å². The number of methoxy groups -OCH3 is 3. The average Bonchev–Trinajstić information content (AvgIpc) is 2.97. The van der Waals surface area contributed by atoms with Crippen molar-refractivity contribution in [2.75, 3.05) is 32.0 Å². The second kappa shape index (κ2) is 8.91. The zero-order chi connectivity index (χ0) is 21.8. The van der Waals surface area contributed by atoms with E-state index in [4.69, 9.17) is 26.4 Å². The lowest BCUT2D eigenvalue weighted by molar-refractivity contribution is 0.378. The minimum Gasteiger partial charge on any atom is -0.496 e. The van der Waals surface area contributed by atoms with Gasteiger partial charge < -0.3 is 24.8 Å². The van der Waals surface area contributed by atoms with Crippen molar-refractivity contribution in [1.29, 1.82) is 0 Å². The van der Waals surface area contributed by atoms with Crippen LogP contribution in [0.15, 0.2) is 47.3 Å². The fourth-order valence-corrected chi connectivity index (χ4v) is 3.30. The van der Waals surface area contributed by atoms with Gasteiger partial charge in [0.15, 0.2) is 5.11 Å². The number of hydrogen-bond donors (Lipinski definition) is 2. The van der Waals surface area contributed by atoms with Crippen LogP contribution in [0.2, 0.25) is 0 Å². The summed E-state index contributed by atoms with van der Waals surface area (Å²) in [6.45, 7) is 1.85. The molecule has 0 aliphatic heterocycles. The van der Waals surface area contributed by atoms with Gasteiger partial charge in [0.1, 0.15) is 28.6 Å². The van der Waals surface area contributed by atoms with Crippen molar-refractivity contribution in [2.24, 2.45) is 7.05 Å². The van der Waals surface area contributed by atoms with Crippen LogP contribution >= 0.6 is 12.2 Å². The molecule has 3 aromatic rings. The number of thiocarbonyl (C=S) groups is 1. The Hall–Kier alpha value is -3.46. The lowest BCUT2D eigenvalue weighted by Gasteiger charge is -2.17. The second-order valence-electron chi connectivity index (χ2n) is 6.42. The van der Waals surface area contributed by atoms with Gasteiger partial charge in [0.2, 0.25) is 0 Å². The molecule has 9 heteroatoms. The van der Waals surface area contributed by atoms with Gasteiger partial charge in [0.25, 0.3) is 5.56 Å². The summed E-state index contributed by atoms with van der Waals surface area (Å²) in [6, 6.07) is 12.8. The van der Waals surface area contributed by atoms with E-state index in [9.17, 15) is 4.79 Å². The molecule has 30 heavy (non-hydrogen) atoms. The van der Waals surface area contributed by atoms with Gasteiger partial charge in [-0.05, 0) is 31.3 Å². The molecule has 2 N–H and O–H groups in total. The Morgan fingerprint density at radius 3 is 2.03 bits per heavy atom. The van der Waals surface area contributed by atoms with Gasteiger partial charge in [0, 0.05) is 19.2 Å². The Morgan fingerprint density at radius 1 is 0.933 bits per heavy atom. The van der Waals surface area contributed by atoms with Gasteiger partial charge in [-0.25, -0.2) is 4.68 Å². The van der Waals surface area contributed by atoms with Crippen molar-refractivity contribution in [3.8, 4) is 22.9 Å². The SMILES string of the molecule is COc1cc(OC)c(NC(=S)Nc2c(C)n(C)n(-c3ccccc3)c2=O)c(OC)c1. The standard InChI is InChI=1S/C21H24N4O4S/c1-13-18(20(26)25(24(13)2)14-9-7-6-8-10-14)22-21(30)23-19-16(28-4)11-15(27-3)12-17(19)29-5/h6-12H,1-5H3,(H2,22,23,30). The number of nitrogens with zero attached hydrogens (tertiary/aromatic N) is 2. The minimum atomic E-state index is -0.209. The molecule has 1 heterocycles. The first kappa shape index (κ1) is 21.3. The molecule has 3 rings (SSSR count). The molecular weight excluding hydrogens is 404 g/mol. The van der Waals surface area contributed by atoms with E-state index in [0.29, 0.717) is 28.6 Å². The smallest absolute Gasteiger partial charge is 0.295 e. The number of rotatable bonds is 6. The molecule has 0 unspecified atom stereocenters. The highest BCUT2D eigenvalue weighted by atomic mass is 32.1. The van der Waals surface area contributed by atoms with E-state index < -0.39 is 0 Å². The Bertz CT molecular complexity index is 1100. The zero-order valence-corrected chi connectivity index (χ0v) is 18.3. The number of anilines is 2. The van der Waals surface area contributed by atoms with E-state index in [1.54, 1.807) is 28.6 Å². The van der Waals surface area contributed by atoms with Crippen molar-refractivity contribution in [1.82, 2.24) is 9.36 Å². The van der Waals surface area contributed by atoms with Crippen molar-refractivity contribution in [3.05, 3.63) is 58.5 Å². The Kier molecular flexibility index (Phi) is 6.31. The molecule has 8 nitrogen and oxygen atoms in total. The topological polar surface area (TPSA) is 78.7 Å². The first-order valence-corrected chi connectivity index (χ1v) is 9.54. The van der Waals surface area contributed by atoms with Crippen molar-refractivity contribution in [3.63, 3.8) is 0 Å². The third-order valence-corrected chi connectivity index (χ3v) is 4.95. The minimum absolute atomic E-state index is 0.209. The maximum atomic E-state index is 13.1.